The van der Waals surface area contributed by atoms with Gasteiger partial charge in [-0.1, -0.05) is 12.1 Å². The molecule has 0 unspecified atom stereocenters. The first-order chi connectivity index (χ1) is 13.0. The maximum atomic E-state index is 5.68. The summed E-state index contributed by atoms with van der Waals surface area (Å²) < 4.78 is 7.73. The number of rotatable bonds is 9. The number of nitrogens with zero attached hydrogens (tertiary/aromatic N) is 3. The predicted octanol–water partition coefficient (Wildman–Crippen LogP) is 4.05. The van der Waals surface area contributed by atoms with Gasteiger partial charge < -0.3 is 15.4 Å². The van der Waals surface area contributed by atoms with E-state index in [1.54, 1.807) is 0 Å². The van der Waals surface area contributed by atoms with E-state index in [9.17, 15) is 0 Å². The third kappa shape index (κ3) is 8.50. The first-order valence-electron chi connectivity index (χ1n) is 9.76. The van der Waals surface area contributed by atoms with Gasteiger partial charge in [-0.2, -0.15) is 5.10 Å². The molecule has 156 valence electrons. The fourth-order valence-corrected chi connectivity index (χ4v) is 2.79. The molecule has 0 atom stereocenters. The fourth-order valence-electron chi connectivity index (χ4n) is 2.79. The zero-order chi connectivity index (χ0) is 19.6. The summed E-state index contributed by atoms with van der Waals surface area (Å²) in [5, 5.41) is 11.2. The number of aliphatic imine (C=N–C) groups is 1. The fraction of sp³-hybridized carbons (Fsp3) is 0.524. The summed E-state index contributed by atoms with van der Waals surface area (Å²) in [6, 6.07) is 10.2. The van der Waals surface area contributed by atoms with Crippen LogP contribution in [0.5, 0.6) is 5.75 Å². The highest BCUT2D eigenvalue weighted by Gasteiger charge is 2.02. The maximum Gasteiger partial charge on any atom is 0.191 e. The van der Waals surface area contributed by atoms with Crippen molar-refractivity contribution in [1.82, 2.24) is 20.4 Å². The number of aromatic nitrogens is 2. The van der Waals surface area contributed by atoms with Gasteiger partial charge in [-0.15, -0.1) is 24.0 Å². The smallest absolute Gasteiger partial charge is 0.191 e. The molecular formula is C21H34IN5O. The van der Waals surface area contributed by atoms with E-state index in [1.165, 1.54) is 5.69 Å². The lowest BCUT2D eigenvalue weighted by molar-refractivity contribution is 0.242. The molecule has 7 heteroatoms. The Morgan fingerprint density at radius 2 is 1.89 bits per heavy atom. The molecule has 0 radical (unpaired) electrons. The molecule has 28 heavy (non-hydrogen) atoms. The molecule has 1 aromatic heterocycles. The van der Waals surface area contributed by atoms with Crippen molar-refractivity contribution in [3.8, 4) is 5.75 Å². The van der Waals surface area contributed by atoms with Gasteiger partial charge in [-0.25, -0.2) is 4.99 Å². The molecule has 6 nitrogen and oxygen atoms in total. The van der Waals surface area contributed by atoms with Crippen LogP contribution >= 0.6 is 24.0 Å². The Balaban J connectivity index is 0.00000392. The number of aryl methyl sites for hydroxylation is 3. The summed E-state index contributed by atoms with van der Waals surface area (Å²) >= 11 is 0. The van der Waals surface area contributed by atoms with Gasteiger partial charge in [0.1, 0.15) is 5.75 Å². The van der Waals surface area contributed by atoms with Crippen LogP contribution in [0.1, 0.15) is 44.1 Å². The van der Waals surface area contributed by atoms with E-state index >= 15 is 0 Å². The van der Waals surface area contributed by atoms with Crippen molar-refractivity contribution in [1.29, 1.82) is 0 Å². The number of halogens is 1. The molecule has 0 aliphatic carbocycles. The first kappa shape index (κ1) is 24.3. The maximum absolute atomic E-state index is 5.68. The molecular weight excluding hydrogens is 465 g/mol. The third-order valence-corrected chi connectivity index (χ3v) is 4.00. The second-order valence-corrected chi connectivity index (χ2v) is 6.94. The van der Waals surface area contributed by atoms with Crippen LogP contribution in [0, 0.1) is 13.8 Å². The van der Waals surface area contributed by atoms with E-state index in [2.05, 4.69) is 57.5 Å². The average molecular weight is 499 g/mol. The minimum absolute atomic E-state index is 0. The Morgan fingerprint density at radius 3 is 2.46 bits per heavy atom. The minimum atomic E-state index is 0. The topological polar surface area (TPSA) is 63.5 Å². The van der Waals surface area contributed by atoms with Crippen molar-refractivity contribution in [2.45, 2.75) is 60.2 Å². The first-order valence-corrected chi connectivity index (χ1v) is 9.76. The van der Waals surface area contributed by atoms with Gasteiger partial charge in [-0.05, 0) is 64.8 Å². The van der Waals surface area contributed by atoms with Gasteiger partial charge in [-0.3, -0.25) is 4.68 Å². The van der Waals surface area contributed by atoms with Gasteiger partial charge in [0.15, 0.2) is 5.96 Å². The molecule has 2 rings (SSSR count). The van der Waals surface area contributed by atoms with Gasteiger partial charge in [0.05, 0.1) is 18.3 Å². The number of ether oxygens (including phenoxy) is 1. The van der Waals surface area contributed by atoms with Crippen LogP contribution in [-0.2, 0) is 13.1 Å². The predicted molar refractivity (Wildman–Crippen MR) is 127 cm³/mol. The molecule has 2 N–H and O–H groups in total. The third-order valence-electron chi connectivity index (χ3n) is 4.00. The molecule has 0 aliphatic rings. The highest BCUT2D eigenvalue weighted by Crippen LogP contribution is 2.14. The second-order valence-electron chi connectivity index (χ2n) is 6.94. The SMILES string of the molecule is CCNC(=NCc1ccc(OC(C)C)cc1)NCCCn1nc(C)cc1C.I. The molecule has 0 fully saturated rings. The summed E-state index contributed by atoms with van der Waals surface area (Å²) in [4.78, 5) is 4.67. The van der Waals surface area contributed by atoms with Gasteiger partial charge in [0, 0.05) is 25.3 Å². The average Bonchev–Trinajstić information content (AvgIpc) is 2.94. The number of guanidine groups is 1. The van der Waals surface area contributed by atoms with Gasteiger partial charge in [0.25, 0.3) is 0 Å². The molecule has 0 spiro atoms. The summed E-state index contributed by atoms with van der Waals surface area (Å²) in [5.74, 6) is 1.74. The van der Waals surface area contributed by atoms with Crippen LogP contribution < -0.4 is 15.4 Å². The van der Waals surface area contributed by atoms with Gasteiger partial charge in [0.2, 0.25) is 0 Å². The zero-order valence-corrected chi connectivity index (χ0v) is 20.0. The Bertz CT molecular complexity index is 725. The largest absolute Gasteiger partial charge is 0.491 e. The molecule has 0 saturated carbocycles. The van der Waals surface area contributed by atoms with E-state index in [4.69, 9.17) is 4.74 Å². The zero-order valence-electron chi connectivity index (χ0n) is 17.7. The number of benzene rings is 1. The number of hydrogen-bond donors (Lipinski definition) is 2. The summed E-state index contributed by atoms with van der Waals surface area (Å²) in [6.45, 7) is 13.5. The van der Waals surface area contributed by atoms with Crippen molar-refractivity contribution < 1.29 is 4.74 Å². The van der Waals surface area contributed by atoms with Crippen LogP contribution in [0.2, 0.25) is 0 Å². The van der Waals surface area contributed by atoms with Crippen LogP contribution in [-0.4, -0.2) is 34.9 Å². The lowest BCUT2D eigenvalue weighted by Gasteiger charge is -2.12. The van der Waals surface area contributed by atoms with Crippen molar-refractivity contribution in [3.63, 3.8) is 0 Å². The molecule has 1 heterocycles. The van der Waals surface area contributed by atoms with Crippen LogP contribution in [0.3, 0.4) is 0 Å². The van der Waals surface area contributed by atoms with Crippen molar-refractivity contribution in [2.24, 2.45) is 4.99 Å². The molecule has 0 aliphatic heterocycles. The minimum Gasteiger partial charge on any atom is -0.491 e. The van der Waals surface area contributed by atoms with Crippen LogP contribution in [0.15, 0.2) is 35.3 Å². The summed E-state index contributed by atoms with van der Waals surface area (Å²) in [7, 11) is 0. The van der Waals surface area contributed by atoms with E-state index in [-0.39, 0.29) is 30.1 Å². The quantitative estimate of drug-likeness (QED) is 0.237. The summed E-state index contributed by atoms with van der Waals surface area (Å²) in [5.41, 5.74) is 3.43. The summed E-state index contributed by atoms with van der Waals surface area (Å²) in [6.07, 6.45) is 1.18. The Morgan fingerprint density at radius 1 is 1.18 bits per heavy atom. The molecule has 0 bridgehead atoms. The molecule has 2 aromatic rings. The number of nitrogens with one attached hydrogen (secondary N) is 2. The van der Waals surface area contributed by atoms with E-state index in [0.717, 1.165) is 49.0 Å². The Labute approximate surface area is 186 Å². The number of hydrogen-bond acceptors (Lipinski definition) is 3. The molecule has 0 amide bonds. The molecule has 0 saturated heterocycles. The van der Waals surface area contributed by atoms with Crippen molar-refractivity contribution >= 4 is 29.9 Å². The van der Waals surface area contributed by atoms with E-state index in [1.807, 2.05) is 32.9 Å². The second kappa shape index (κ2) is 12.6. The van der Waals surface area contributed by atoms with Gasteiger partial charge >= 0.3 is 0 Å². The van der Waals surface area contributed by atoms with Crippen LogP contribution in [0.25, 0.3) is 0 Å². The highest BCUT2D eigenvalue weighted by atomic mass is 127. The Kier molecular flexibility index (Phi) is 11.0. The van der Waals surface area contributed by atoms with Crippen molar-refractivity contribution in [2.75, 3.05) is 13.1 Å². The van der Waals surface area contributed by atoms with Crippen LogP contribution in [0.4, 0.5) is 0 Å². The standard InChI is InChI=1S/C21H33N5O.HI/c1-6-22-21(23-12-7-13-26-18(5)14-17(4)25-26)24-15-19-8-10-20(11-9-19)27-16(2)3;/h8-11,14,16H,6-7,12-13,15H2,1-5H3,(H2,22,23,24);1H. The highest BCUT2D eigenvalue weighted by molar-refractivity contribution is 14.0. The van der Waals surface area contributed by atoms with E-state index in [0.29, 0.717) is 6.54 Å². The van der Waals surface area contributed by atoms with E-state index < -0.39 is 0 Å². The molecule has 1 aromatic carbocycles. The lowest BCUT2D eigenvalue weighted by Crippen LogP contribution is -2.38. The lowest BCUT2D eigenvalue weighted by atomic mass is 10.2. The Hall–Kier alpha value is -1.77. The normalized spacial score (nSPS) is 11.3. The monoisotopic (exact) mass is 499 g/mol. The van der Waals surface area contributed by atoms with Crippen molar-refractivity contribution in [3.05, 3.63) is 47.3 Å².